The van der Waals surface area contributed by atoms with Crippen molar-refractivity contribution in [3.05, 3.63) is 57.6 Å². The fraction of sp³-hybridized carbons (Fsp3) is 0.429. The number of aromatic hydroxyl groups is 2. The lowest BCUT2D eigenvalue weighted by Crippen LogP contribution is -2.06. The van der Waals surface area contributed by atoms with Gasteiger partial charge < -0.3 is 14.9 Å². The first kappa shape index (κ1) is 18.3. The summed E-state index contributed by atoms with van der Waals surface area (Å²) < 4.78 is 5.56. The van der Waals surface area contributed by atoms with Crippen LogP contribution in [0.2, 0.25) is 0 Å². The summed E-state index contributed by atoms with van der Waals surface area (Å²) in [5.41, 5.74) is 6.25. The van der Waals surface area contributed by atoms with E-state index in [2.05, 4.69) is 45.9 Å². The average molecular weight is 328 g/mol. The monoisotopic (exact) mass is 328 g/mol. The van der Waals surface area contributed by atoms with Crippen molar-refractivity contribution < 1.29 is 14.9 Å². The van der Waals surface area contributed by atoms with Gasteiger partial charge in [-0.25, -0.2) is 0 Å². The number of rotatable bonds is 6. The molecule has 0 bridgehead atoms. The summed E-state index contributed by atoms with van der Waals surface area (Å²) in [5.74, 6) is 0.415. The van der Waals surface area contributed by atoms with Gasteiger partial charge in [-0.1, -0.05) is 43.2 Å². The molecular formula is C21H28O3. The third kappa shape index (κ3) is 4.09. The quantitative estimate of drug-likeness (QED) is 0.787. The maximum atomic E-state index is 10.4. The molecule has 0 radical (unpaired) electrons. The summed E-state index contributed by atoms with van der Waals surface area (Å²) in [6.07, 6.45) is 0.667. The van der Waals surface area contributed by atoms with Crippen molar-refractivity contribution in [2.75, 3.05) is 6.61 Å². The Morgan fingerprint density at radius 1 is 0.917 bits per heavy atom. The zero-order chi connectivity index (χ0) is 17.9. The summed E-state index contributed by atoms with van der Waals surface area (Å²) in [4.78, 5) is 0. The topological polar surface area (TPSA) is 49.7 Å². The molecule has 130 valence electrons. The normalized spacial score (nSPS) is 11.2. The lowest BCUT2D eigenvalue weighted by Gasteiger charge is -2.21. The maximum absolute atomic E-state index is 10.4. The summed E-state index contributed by atoms with van der Waals surface area (Å²) in [6.45, 7) is 11.2. The van der Waals surface area contributed by atoms with Gasteiger partial charge in [0.25, 0.3) is 0 Å². The molecule has 0 aliphatic carbocycles. The summed E-state index contributed by atoms with van der Waals surface area (Å²) in [7, 11) is 0. The predicted molar refractivity (Wildman–Crippen MR) is 97.9 cm³/mol. The molecule has 2 aromatic carbocycles. The number of phenols is 2. The van der Waals surface area contributed by atoms with Gasteiger partial charge >= 0.3 is 0 Å². The van der Waals surface area contributed by atoms with Crippen LogP contribution in [0.25, 0.3) is 0 Å². The zero-order valence-electron chi connectivity index (χ0n) is 15.3. The number of hydrogen-bond donors (Lipinski definition) is 2. The Bertz CT molecular complexity index is 697. The number of phenolic OH excluding ortho intramolecular Hbond substituents is 2. The first-order valence-electron chi connectivity index (χ1n) is 8.55. The van der Waals surface area contributed by atoms with Crippen molar-refractivity contribution in [2.24, 2.45) is 0 Å². The lowest BCUT2D eigenvalue weighted by molar-refractivity contribution is 0.131. The van der Waals surface area contributed by atoms with Gasteiger partial charge in [-0.2, -0.15) is 0 Å². The van der Waals surface area contributed by atoms with Crippen LogP contribution in [-0.4, -0.2) is 16.8 Å². The Balaban J connectivity index is 2.58. The van der Waals surface area contributed by atoms with Gasteiger partial charge in [0, 0.05) is 23.8 Å². The van der Waals surface area contributed by atoms with Gasteiger partial charge in [-0.3, -0.25) is 0 Å². The highest BCUT2D eigenvalue weighted by atomic mass is 16.5. The number of ether oxygens (including phenoxy) is 1. The van der Waals surface area contributed by atoms with Gasteiger partial charge in [0.2, 0.25) is 0 Å². The molecule has 0 aliphatic heterocycles. The number of hydrogen-bond acceptors (Lipinski definition) is 3. The summed E-state index contributed by atoms with van der Waals surface area (Å²) in [6, 6.07) is 7.90. The van der Waals surface area contributed by atoms with Crippen LogP contribution in [0.15, 0.2) is 24.3 Å². The predicted octanol–water partition coefficient (Wildman–Crippen LogP) is 4.97. The molecule has 0 amide bonds. The average Bonchev–Trinajstić information content (AvgIpc) is 2.45. The van der Waals surface area contributed by atoms with Gasteiger partial charge in [-0.15, -0.1) is 0 Å². The molecule has 0 aromatic heterocycles. The molecule has 24 heavy (non-hydrogen) atoms. The molecule has 0 saturated heterocycles. The largest absolute Gasteiger partial charge is 0.508 e. The first-order valence-corrected chi connectivity index (χ1v) is 8.55. The molecule has 0 heterocycles. The highest BCUT2D eigenvalue weighted by molar-refractivity contribution is 5.54. The fourth-order valence-corrected chi connectivity index (χ4v) is 3.35. The van der Waals surface area contributed by atoms with Crippen molar-refractivity contribution in [2.45, 2.75) is 53.6 Å². The minimum atomic E-state index is 0.102. The molecule has 2 aromatic rings. The SMILES string of the molecule is CCOCc1c(O)cc(O)c(C(C)C)c1Cc1cc(C)cc(C)c1. The van der Waals surface area contributed by atoms with E-state index in [9.17, 15) is 10.2 Å². The number of benzene rings is 2. The van der Waals surface area contributed by atoms with E-state index in [1.807, 2.05) is 6.92 Å². The van der Waals surface area contributed by atoms with E-state index >= 15 is 0 Å². The Kier molecular flexibility index (Phi) is 5.89. The zero-order valence-corrected chi connectivity index (χ0v) is 15.3. The van der Waals surface area contributed by atoms with Crippen LogP contribution in [0.4, 0.5) is 0 Å². The second-order valence-corrected chi connectivity index (χ2v) is 6.75. The smallest absolute Gasteiger partial charge is 0.125 e. The molecule has 0 unspecified atom stereocenters. The Labute approximate surface area is 144 Å². The molecule has 0 aliphatic rings. The molecule has 2 N–H and O–H groups in total. The highest BCUT2D eigenvalue weighted by Gasteiger charge is 2.20. The molecule has 0 saturated carbocycles. The van der Waals surface area contributed by atoms with E-state index in [4.69, 9.17) is 4.74 Å². The summed E-state index contributed by atoms with van der Waals surface area (Å²) in [5, 5.41) is 20.7. The third-order valence-corrected chi connectivity index (χ3v) is 4.24. The maximum Gasteiger partial charge on any atom is 0.125 e. The van der Waals surface area contributed by atoms with Crippen LogP contribution in [-0.2, 0) is 17.8 Å². The Morgan fingerprint density at radius 2 is 1.54 bits per heavy atom. The minimum Gasteiger partial charge on any atom is -0.508 e. The lowest BCUT2D eigenvalue weighted by atomic mass is 9.87. The van der Waals surface area contributed by atoms with Crippen LogP contribution in [0.1, 0.15) is 60.1 Å². The van der Waals surface area contributed by atoms with E-state index in [1.54, 1.807) is 0 Å². The van der Waals surface area contributed by atoms with E-state index in [1.165, 1.54) is 22.8 Å². The number of aryl methyl sites for hydroxylation is 2. The molecule has 2 rings (SSSR count). The second-order valence-electron chi connectivity index (χ2n) is 6.75. The van der Waals surface area contributed by atoms with Crippen LogP contribution in [0.3, 0.4) is 0 Å². The molecular weight excluding hydrogens is 300 g/mol. The van der Waals surface area contributed by atoms with Crippen molar-refractivity contribution in [3.8, 4) is 11.5 Å². The minimum absolute atomic E-state index is 0.102. The standard InChI is InChI=1S/C21H28O3/c1-6-24-12-18-17(10-16-8-14(4)7-15(5)9-16)21(13(2)3)20(23)11-19(18)22/h7-9,11,13,22-23H,6,10,12H2,1-5H3. The Morgan fingerprint density at radius 3 is 2.08 bits per heavy atom. The van der Waals surface area contributed by atoms with Crippen molar-refractivity contribution in [1.82, 2.24) is 0 Å². The molecule has 3 heteroatoms. The van der Waals surface area contributed by atoms with Gasteiger partial charge in [0.15, 0.2) is 0 Å². The van der Waals surface area contributed by atoms with Crippen LogP contribution >= 0.6 is 0 Å². The summed E-state index contributed by atoms with van der Waals surface area (Å²) >= 11 is 0. The van der Waals surface area contributed by atoms with Crippen molar-refractivity contribution >= 4 is 0 Å². The van der Waals surface area contributed by atoms with Gasteiger partial charge in [-0.05, 0) is 44.2 Å². The van der Waals surface area contributed by atoms with E-state index in [0.717, 1.165) is 16.7 Å². The van der Waals surface area contributed by atoms with Crippen LogP contribution < -0.4 is 0 Å². The molecule has 0 fully saturated rings. The molecule has 3 nitrogen and oxygen atoms in total. The molecule has 0 atom stereocenters. The van der Waals surface area contributed by atoms with E-state index < -0.39 is 0 Å². The Hall–Kier alpha value is -2.00. The van der Waals surface area contributed by atoms with E-state index in [0.29, 0.717) is 19.6 Å². The van der Waals surface area contributed by atoms with Crippen LogP contribution in [0.5, 0.6) is 11.5 Å². The molecule has 0 spiro atoms. The third-order valence-electron chi connectivity index (χ3n) is 4.24. The van der Waals surface area contributed by atoms with Gasteiger partial charge in [0.1, 0.15) is 11.5 Å². The first-order chi connectivity index (χ1) is 11.3. The fourth-order valence-electron chi connectivity index (χ4n) is 3.35. The van der Waals surface area contributed by atoms with Crippen molar-refractivity contribution in [3.63, 3.8) is 0 Å². The second kappa shape index (κ2) is 7.71. The van der Waals surface area contributed by atoms with Crippen molar-refractivity contribution in [1.29, 1.82) is 0 Å². The highest BCUT2D eigenvalue weighted by Crippen LogP contribution is 2.38. The van der Waals surface area contributed by atoms with E-state index in [-0.39, 0.29) is 17.4 Å². The van der Waals surface area contributed by atoms with Gasteiger partial charge in [0.05, 0.1) is 6.61 Å². The van der Waals surface area contributed by atoms with Crippen LogP contribution in [0, 0.1) is 13.8 Å².